The number of benzene rings is 1. The van der Waals surface area contributed by atoms with Gasteiger partial charge in [-0.3, -0.25) is 9.79 Å². The molecule has 0 saturated carbocycles. The molecular formula is C9H7NO2. The Morgan fingerprint density at radius 1 is 1.42 bits per heavy atom. The van der Waals surface area contributed by atoms with Crippen molar-refractivity contribution in [3.8, 4) is 5.75 Å². The highest BCUT2D eigenvalue weighted by Crippen LogP contribution is 2.27. The molecule has 1 aliphatic rings. The molecule has 1 aromatic rings. The van der Waals surface area contributed by atoms with Gasteiger partial charge in [0.15, 0.2) is 5.78 Å². The van der Waals surface area contributed by atoms with Crippen LogP contribution in [0.25, 0.3) is 0 Å². The zero-order valence-electron chi connectivity index (χ0n) is 6.32. The Balaban J connectivity index is 2.62. The van der Waals surface area contributed by atoms with E-state index in [-0.39, 0.29) is 11.5 Å². The number of Topliss-reactive ketones (excluding diaryl/α,β-unsaturated/α-hetero) is 1. The molecule has 1 aliphatic heterocycles. The van der Waals surface area contributed by atoms with E-state index in [0.717, 1.165) is 0 Å². The second kappa shape index (κ2) is 2.44. The minimum atomic E-state index is 0.0556. The van der Waals surface area contributed by atoms with E-state index >= 15 is 0 Å². The van der Waals surface area contributed by atoms with Gasteiger partial charge in [0.2, 0.25) is 0 Å². The van der Waals surface area contributed by atoms with E-state index in [1.54, 1.807) is 12.3 Å². The Labute approximate surface area is 69.4 Å². The number of ketones is 1. The highest BCUT2D eigenvalue weighted by Gasteiger charge is 2.13. The Morgan fingerprint density at radius 2 is 2.25 bits per heavy atom. The summed E-state index contributed by atoms with van der Waals surface area (Å²) in [5.74, 6) is 0.195. The van der Waals surface area contributed by atoms with Crippen molar-refractivity contribution < 1.29 is 9.90 Å². The molecule has 0 atom stereocenters. The van der Waals surface area contributed by atoms with Gasteiger partial charge in [0.1, 0.15) is 5.75 Å². The van der Waals surface area contributed by atoms with Crippen LogP contribution in [0.1, 0.15) is 16.8 Å². The van der Waals surface area contributed by atoms with Gasteiger partial charge in [-0.1, -0.05) is 0 Å². The van der Waals surface area contributed by atoms with Gasteiger partial charge in [-0.2, -0.15) is 0 Å². The smallest absolute Gasteiger partial charge is 0.170 e. The maximum absolute atomic E-state index is 11.2. The lowest BCUT2D eigenvalue weighted by Gasteiger charge is -2.07. The van der Waals surface area contributed by atoms with Gasteiger partial charge in [-0.05, 0) is 12.1 Å². The standard InChI is InChI=1S/C9H7NO2/c11-6-1-2-7-8(5-6)10-4-3-9(7)12/h1-2,4-5,11H,3H2. The molecule has 0 fully saturated rings. The maximum atomic E-state index is 11.2. The van der Waals surface area contributed by atoms with Crippen LogP contribution in [0.3, 0.4) is 0 Å². The number of phenols is 1. The number of hydrogen-bond acceptors (Lipinski definition) is 3. The van der Waals surface area contributed by atoms with Crippen molar-refractivity contribution in [1.29, 1.82) is 0 Å². The van der Waals surface area contributed by atoms with Crippen LogP contribution in [0.2, 0.25) is 0 Å². The number of carbonyl (C=O) groups excluding carboxylic acids is 1. The second-order valence-electron chi connectivity index (χ2n) is 2.64. The van der Waals surface area contributed by atoms with Gasteiger partial charge in [0, 0.05) is 24.3 Å². The number of rotatable bonds is 0. The van der Waals surface area contributed by atoms with Gasteiger partial charge in [-0.25, -0.2) is 0 Å². The molecule has 3 heteroatoms. The van der Waals surface area contributed by atoms with Crippen LogP contribution >= 0.6 is 0 Å². The molecule has 1 N–H and O–H groups in total. The van der Waals surface area contributed by atoms with E-state index in [4.69, 9.17) is 5.11 Å². The van der Waals surface area contributed by atoms with Crippen molar-refractivity contribution in [3.63, 3.8) is 0 Å². The van der Waals surface area contributed by atoms with Crippen molar-refractivity contribution in [2.45, 2.75) is 6.42 Å². The first kappa shape index (κ1) is 7.03. The summed E-state index contributed by atoms with van der Waals surface area (Å²) in [6, 6.07) is 4.59. The average Bonchev–Trinajstić information content (AvgIpc) is 2.04. The summed E-state index contributed by atoms with van der Waals surface area (Å²) < 4.78 is 0. The van der Waals surface area contributed by atoms with Gasteiger partial charge >= 0.3 is 0 Å². The summed E-state index contributed by atoms with van der Waals surface area (Å²) >= 11 is 0. The quantitative estimate of drug-likeness (QED) is 0.629. The number of hydrogen-bond donors (Lipinski definition) is 1. The van der Waals surface area contributed by atoms with E-state index in [1.807, 2.05) is 0 Å². The summed E-state index contributed by atoms with van der Waals surface area (Å²) in [5, 5.41) is 9.09. The van der Waals surface area contributed by atoms with Crippen LogP contribution in [0, 0.1) is 0 Å². The average molecular weight is 161 g/mol. The van der Waals surface area contributed by atoms with Crippen molar-refractivity contribution in [1.82, 2.24) is 0 Å². The largest absolute Gasteiger partial charge is 0.508 e. The topological polar surface area (TPSA) is 49.7 Å². The van der Waals surface area contributed by atoms with E-state index in [0.29, 0.717) is 17.7 Å². The summed E-state index contributed by atoms with van der Waals surface area (Å²) in [5.41, 5.74) is 1.15. The summed E-state index contributed by atoms with van der Waals surface area (Å²) in [4.78, 5) is 15.2. The highest BCUT2D eigenvalue weighted by atomic mass is 16.3. The van der Waals surface area contributed by atoms with Gasteiger partial charge in [0.05, 0.1) is 5.69 Å². The zero-order valence-corrected chi connectivity index (χ0v) is 6.32. The number of carbonyl (C=O) groups is 1. The summed E-state index contributed by atoms with van der Waals surface area (Å²) in [6.07, 6.45) is 1.92. The third-order valence-electron chi connectivity index (χ3n) is 1.79. The minimum absolute atomic E-state index is 0.0556. The molecule has 60 valence electrons. The molecule has 0 saturated heterocycles. The molecule has 0 bridgehead atoms. The normalized spacial score (nSPS) is 14.5. The van der Waals surface area contributed by atoms with Crippen molar-refractivity contribution in [2.75, 3.05) is 0 Å². The molecule has 12 heavy (non-hydrogen) atoms. The molecule has 0 unspecified atom stereocenters. The number of nitrogens with zero attached hydrogens (tertiary/aromatic N) is 1. The lowest BCUT2D eigenvalue weighted by atomic mass is 10.0. The van der Waals surface area contributed by atoms with Crippen LogP contribution in [0.5, 0.6) is 5.75 Å². The van der Waals surface area contributed by atoms with Gasteiger partial charge in [0.25, 0.3) is 0 Å². The molecule has 3 nitrogen and oxygen atoms in total. The molecule has 0 radical (unpaired) electrons. The molecule has 1 aromatic carbocycles. The van der Waals surface area contributed by atoms with Crippen LogP contribution in [0.15, 0.2) is 23.2 Å². The van der Waals surface area contributed by atoms with Crippen molar-refractivity contribution in [2.24, 2.45) is 4.99 Å². The lowest BCUT2D eigenvalue weighted by Crippen LogP contribution is -2.03. The fourth-order valence-corrected chi connectivity index (χ4v) is 1.20. The predicted octanol–water partition coefficient (Wildman–Crippen LogP) is 1.68. The number of fused-ring (bicyclic) bond motifs is 1. The first-order chi connectivity index (χ1) is 5.77. The molecular weight excluding hydrogens is 154 g/mol. The molecule has 0 aromatic heterocycles. The number of aromatic hydroxyl groups is 1. The van der Waals surface area contributed by atoms with E-state index < -0.39 is 0 Å². The van der Waals surface area contributed by atoms with Crippen LogP contribution in [-0.4, -0.2) is 17.1 Å². The Bertz CT molecular complexity index is 369. The van der Waals surface area contributed by atoms with E-state index in [9.17, 15) is 4.79 Å². The monoisotopic (exact) mass is 161 g/mol. The van der Waals surface area contributed by atoms with Crippen molar-refractivity contribution >= 4 is 17.7 Å². The number of phenolic OH excluding ortho intramolecular Hbond substituents is 1. The SMILES string of the molecule is O=C1CC=Nc2cc(O)ccc21. The lowest BCUT2D eigenvalue weighted by molar-refractivity contribution is 0.100. The minimum Gasteiger partial charge on any atom is -0.508 e. The molecule has 0 spiro atoms. The summed E-state index contributed by atoms with van der Waals surface area (Å²) in [6.45, 7) is 0. The number of aliphatic imine (C=N–C) groups is 1. The molecule has 0 aliphatic carbocycles. The fourth-order valence-electron chi connectivity index (χ4n) is 1.20. The Kier molecular flexibility index (Phi) is 1.43. The first-order valence-electron chi connectivity index (χ1n) is 3.66. The van der Waals surface area contributed by atoms with Crippen LogP contribution < -0.4 is 0 Å². The molecule has 0 amide bonds. The van der Waals surface area contributed by atoms with E-state index in [2.05, 4.69) is 4.99 Å². The van der Waals surface area contributed by atoms with Crippen molar-refractivity contribution in [3.05, 3.63) is 23.8 Å². The zero-order chi connectivity index (χ0) is 8.55. The Hall–Kier alpha value is -1.64. The summed E-state index contributed by atoms with van der Waals surface area (Å²) in [7, 11) is 0. The predicted molar refractivity (Wildman–Crippen MR) is 45.2 cm³/mol. The fraction of sp³-hybridized carbons (Fsp3) is 0.111. The second-order valence-corrected chi connectivity index (χ2v) is 2.64. The maximum Gasteiger partial charge on any atom is 0.170 e. The van der Waals surface area contributed by atoms with Gasteiger partial charge < -0.3 is 5.11 Å². The van der Waals surface area contributed by atoms with Gasteiger partial charge in [-0.15, -0.1) is 0 Å². The third kappa shape index (κ3) is 0.993. The molecule has 2 rings (SSSR count). The first-order valence-corrected chi connectivity index (χ1v) is 3.66. The van der Waals surface area contributed by atoms with Crippen LogP contribution in [-0.2, 0) is 0 Å². The van der Waals surface area contributed by atoms with Crippen LogP contribution in [0.4, 0.5) is 5.69 Å². The highest BCUT2D eigenvalue weighted by molar-refractivity contribution is 6.10. The molecule has 1 heterocycles. The third-order valence-corrected chi connectivity index (χ3v) is 1.79. The Morgan fingerprint density at radius 3 is 3.08 bits per heavy atom. The van der Waals surface area contributed by atoms with E-state index in [1.165, 1.54) is 12.1 Å².